The Morgan fingerprint density at radius 2 is 1.89 bits per heavy atom. The van der Waals surface area contributed by atoms with Gasteiger partial charge in [0.25, 0.3) is 0 Å². The lowest BCUT2D eigenvalue weighted by Crippen LogP contribution is -2.16. The average molecular weight is 388 g/mol. The third-order valence-electron chi connectivity index (χ3n) is 4.70. The van der Waals surface area contributed by atoms with Crippen LogP contribution in [0.15, 0.2) is 48.5 Å². The van der Waals surface area contributed by atoms with E-state index in [1.54, 1.807) is 4.80 Å². The third-order valence-corrected chi connectivity index (χ3v) is 4.70. The number of alkyl halides is 3. The summed E-state index contributed by atoms with van der Waals surface area (Å²) in [5, 5.41) is 19.2. The zero-order valence-corrected chi connectivity index (χ0v) is 14.9. The van der Waals surface area contributed by atoms with Crippen LogP contribution in [0.25, 0.3) is 11.4 Å². The van der Waals surface area contributed by atoms with Crippen LogP contribution in [0.4, 0.5) is 24.5 Å². The van der Waals surface area contributed by atoms with Gasteiger partial charge in [-0.05, 0) is 67.0 Å². The Bertz CT molecular complexity index is 929. The van der Waals surface area contributed by atoms with E-state index in [-0.39, 0.29) is 0 Å². The highest BCUT2D eigenvalue weighted by molar-refractivity contribution is 5.77. The fourth-order valence-corrected chi connectivity index (χ4v) is 3.21. The van der Waals surface area contributed by atoms with Crippen molar-refractivity contribution in [2.24, 2.45) is 5.92 Å². The number of aromatic nitrogens is 4. The number of para-hydroxylation sites is 1. The molecule has 0 bridgehead atoms. The summed E-state index contributed by atoms with van der Waals surface area (Å²) in [7, 11) is 0. The molecule has 146 valence electrons. The molecule has 6 nitrogen and oxygen atoms in total. The molecule has 2 heterocycles. The largest absolute Gasteiger partial charge is 0.416 e. The molecule has 0 spiro atoms. The molecule has 28 heavy (non-hydrogen) atoms. The monoisotopic (exact) mass is 388 g/mol. The van der Waals surface area contributed by atoms with Crippen LogP contribution in [0.5, 0.6) is 0 Å². The van der Waals surface area contributed by atoms with Gasteiger partial charge in [0, 0.05) is 16.9 Å². The van der Waals surface area contributed by atoms with Gasteiger partial charge >= 0.3 is 6.18 Å². The van der Waals surface area contributed by atoms with E-state index in [4.69, 9.17) is 0 Å². The average Bonchev–Trinajstić information content (AvgIpc) is 3.34. The number of nitrogens with one attached hydrogen (secondary N) is 2. The summed E-state index contributed by atoms with van der Waals surface area (Å²) in [5.41, 5.74) is 1.30. The van der Waals surface area contributed by atoms with Crippen LogP contribution in [-0.4, -0.2) is 33.3 Å². The molecular weight excluding hydrogens is 369 g/mol. The number of benzene rings is 2. The number of anilines is 2. The van der Waals surface area contributed by atoms with Crippen molar-refractivity contribution in [2.75, 3.05) is 18.4 Å². The van der Waals surface area contributed by atoms with Gasteiger partial charge in [-0.3, -0.25) is 0 Å². The number of tetrazole rings is 1. The van der Waals surface area contributed by atoms with Gasteiger partial charge in [0.2, 0.25) is 5.82 Å². The predicted molar refractivity (Wildman–Crippen MR) is 99.0 cm³/mol. The SMILES string of the molecule is FC(F)(F)c1ccc(Nc2ccccc2-c2nnn(C[C@H]3CCNC3)n2)cc1. The van der Waals surface area contributed by atoms with E-state index in [0.717, 1.165) is 37.2 Å². The molecule has 0 aliphatic carbocycles. The first kappa shape index (κ1) is 18.4. The Balaban J connectivity index is 1.53. The molecule has 9 heteroatoms. The fraction of sp³-hybridized carbons (Fsp3) is 0.316. The van der Waals surface area contributed by atoms with Gasteiger partial charge < -0.3 is 10.6 Å². The highest BCUT2D eigenvalue weighted by Crippen LogP contribution is 2.32. The van der Waals surface area contributed by atoms with Gasteiger partial charge in [-0.2, -0.15) is 18.0 Å². The van der Waals surface area contributed by atoms with Crippen molar-refractivity contribution in [3.8, 4) is 11.4 Å². The minimum absolute atomic E-state index is 0.473. The van der Waals surface area contributed by atoms with Crippen LogP contribution in [-0.2, 0) is 12.7 Å². The van der Waals surface area contributed by atoms with Crippen LogP contribution in [0.1, 0.15) is 12.0 Å². The molecule has 2 N–H and O–H groups in total. The summed E-state index contributed by atoms with van der Waals surface area (Å²) >= 11 is 0. The summed E-state index contributed by atoms with van der Waals surface area (Å²) in [6.07, 6.45) is -3.27. The van der Waals surface area contributed by atoms with Gasteiger partial charge in [-0.15, -0.1) is 10.2 Å². The van der Waals surface area contributed by atoms with Gasteiger partial charge in [-0.1, -0.05) is 12.1 Å². The van der Waals surface area contributed by atoms with Crippen molar-refractivity contribution in [2.45, 2.75) is 19.1 Å². The van der Waals surface area contributed by atoms with Gasteiger partial charge in [0.1, 0.15) is 0 Å². The molecule has 1 aromatic heterocycles. The Morgan fingerprint density at radius 1 is 1.11 bits per heavy atom. The van der Waals surface area contributed by atoms with E-state index in [1.807, 2.05) is 24.3 Å². The topological polar surface area (TPSA) is 67.7 Å². The summed E-state index contributed by atoms with van der Waals surface area (Å²) in [5.74, 6) is 0.962. The number of hydrogen-bond donors (Lipinski definition) is 2. The zero-order valence-electron chi connectivity index (χ0n) is 14.9. The molecule has 2 aromatic carbocycles. The first-order chi connectivity index (χ1) is 13.5. The van der Waals surface area contributed by atoms with E-state index < -0.39 is 11.7 Å². The lowest BCUT2D eigenvalue weighted by molar-refractivity contribution is -0.137. The quantitative estimate of drug-likeness (QED) is 0.698. The molecule has 0 amide bonds. The number of rotatable bonds is 5. The van der Waals surface area contributed by atoms with Crippen molar-refractivity contribution < 1.29 is 13.2 Å². The molecule has 1 fully saturated rings. The fourth-order valence-electron chi connectivity index (χ4n) is 3.21. The molecule has 1 saturated heterocycles. The van der Waals surface area contributed by atoms with E-state index in [2.05, 4.69) is 26.0 Å². The number of halogens is 3. The maximum absolute atomic E-state index is 12.7. The van der Waals surface area contributed by atoms with Crippen LogP contribution in [0.3, 0.4) is 0 Å². The molecular formula is C19H19F3N6. The maximum atomic E-state index is 12.7. The van der Waals surface area contributed by atoms with E-state index in [1.165, 1.54) is 12.1 Å². The Kier molecular flexibility index (Phi) is 4.99. The lowest BCUT2D eigenvalue weighted by Gasteiger charge is -2.11. The molecule has 0 saturated carbocycles. The zero-order chi connectivity index (χ0) is 19.6. The summed E-state index contributed by atoms with van der Waals surface area (Å²) < 4.78 is 38.2. The minimum Gasteiger partial charge on any atom is -0.355 e. The number of hydrogen-bond acceptors (Lipinski definition) is 5. The number of nitrogens with zero attached hydrogens (tertiary/aromatic N) is 4. The van der Waals surface area contributed by atoms with Crippen molar-refractivity contribution in [3.63, 3.8) is 0 Å². The molecule has 0 radical (unpaired) electrons. The van der Waals surface area contributed by atoms with Crippen LogP contribution in [0, 0.1) is 5.92 Å². The molecule has 1 atom stereocenters. The second kappa shape index (κ2) is 7.59. The first-order valence-electron chi connectivity index (χ1n) is 9.01. The lowest BCUT2D eigenvalue weighted by atomic mass is 10.1. The minimum atomic E-state index is -4.35. The normalized spacial score (nSPS) is 17.0. The molecule has 4 rings (SSSR count). The van der Waals surface area contributed by atoms with Crippen molar-refractivity contribution in [3.05, 3.63) is 54.1 Å². The smallest absolute Gasteiger partial charge is 0.355 e. The summed E-state index contributed by atoms with van der Waals surface area (Å²) in [6.45, 7) is 2.66. The standard InChI is InChI=1S/C19H19F3N6/c20-19(21,22)14-5-7-15(8-6-14)24-17-4-2-1-3-16(17)18-25-27-28(26-18)12-13-9-10-23-11-13/h1-8,13,23-24H,9-12H2/t13-/m0/s1. The molecule has 1 aliphatic heterocycles. The Hall–Kier alpha value is -2.94. The Labute approximate surface area is 159 Å². The van der Waals surface area contributed by atoms with Gasteiger partial charge in [-0.25, -0.2) is 0 Å². The van der Waals surface area contributed by atoms with Gasteiger partial charge in [0.05, 0.1) is 12.1 Å². The van der Waals surface area contributed by atoms with Crippen LogP contribution in [0.2, 0.25) is 0 Å². The van der Waals surface area contributed by atoms with E-state index >= 15 is 0 Å². The maximum Gasteiger partial charge on any atom is 0.416 e. The summed E-state index contributed by atoms with van der Waals surface area (Å²) in [4.78, 5) is 1.60. The molecule has 3 aromatic rings. The van der Waals surface area contributed by atoms with Crippen LogP contribution >= 0.6 is 0 Å². The van der Waals surface area contributed by atoms with Crippen LogP contribution < -0.4 is 10.6 Å². The van der Waals surface area contributed by atoms with Gasteiger partial charge in [0.15, 0.2) is 0 Å². The van der Waals surface area contributed by atoms with Crippen molar-refractivity contribution in [1.82, 2.24) is 25.5 Å². The highest BCUT2D eigenvalue weighted by atomic mass is 19.4. The molecule has 0 unspecified atom stereocenters. The van der Waals surface area contributed by atoms with E-state index in [0.29, 0.717) is 29.7 Å². The molecule has 1 aliphatic rings. The second-order valence-electron chi connectivity index (χ2n) is 6.77. The van der Waals surface area contributed by atoms with E-state index in [9.17, 15) is 13.2 Å². The summed E-state index contributed by atoms with van der Waals surface area (Å²) in [6, 6.07) is 12.3. The highest BCUT2D eigenvalue weighted by Gasteiger charge is 2.30. The first-order valence-corrected chi connectivity index (χ1v) is 9.01. The van der Waals surface area contributed by atoms with Crippen molar-refractivity contribution in [1.29, 1.82) is 0 Å². The predicted octanol–water partition coefficient (Wildman–Crippen LogP) is 3.71. The third kappa shape index (κ3) is 4.14. The Morgan fingerprint density at radius 3 is 2.61 bits per heavy atom. The van der Waals surface area contributed by atoms with Crippen molar-refractivity contribution >= 4 is 11.4 Å². The second-order valence-corrected chi connectivity index (χ2v) is 6.77.